The Balaban J connectivity index is 1.71. The molecule has 28 heavy (non-hydrogen) atoms. The summed E-state index contributed by atoms with van der Waals surface area (Å²) in [5.41, 5.74) is 4.79. The molecule has 8 nitrogen and oxygen atoms in total. The molecule has 0 aliphatic carbocycles. The maximum Gasteiger partial charge on any atom is 0.278 e. The van der Waals surface area contributed by atoms with E-state index in [2.05, 4.69) is 25.5 Å². The molecule has 0 spiro atoms. The monoisotopic (exact) mass is 370 g/mol. The number of hydrazone groups is 1. The van der Waals surface area contributed by atoms with E-state index in [-0.39, 0.29) is 5.69 Å². The highest BCUT2D eigenvalue weighted by molar-refractivity contribution is 5.91. The first-order valence-electron chi connectivity index (χ1n) is 8.42. The quantitative estimate of drug-likeness (QED) is 0.323. The molecule has 0 amide bonds. The fourth-order valence-corrected chi connectivity index (χ4v) is 2.71. The average Bonchev–Trinajstić information content (AvgIpc) is 2.74. The van der Waals surface area contributed by atoms with Crippen LogP contribution in [0.15, 0.2) is 78.2 Å². The van der Waals surface area contributed by atoms with Crippen molar-refractivity contribution in [3.05, 3.63) is 88.7 Å². The minimum Gasteiger partial charge on any atom is -0.264 e. The molecular formula is C20H14N6O2. The maximum atomic E-state index is 11.1. The van der Waals surface area contributed by atoms with Crippen molar-refractivity contribution in [1.29, 1.82) is 0 Å². The number of fused-ring (bicyclic) bond motifs is 1. The Bertz CT molecular complexity index is 1180. The zero-order valence-corrected chi connectivity index (χ0v) is 14.6. The molecule has 136 valence electrons. The van der Waals surface area contributed by atoms with Crippen LogP contribution in [0.3, 0.4) is 0 Å². The lowest BCUT2D eigenvalue weighted by atomic mass is 10.2. The summed E-state index contributed by atoms with van der Waals surface area (Å²) < 4.78 is 0. The summed E-state index contributed by atoms with van der Waals surface area (Å²) in [6.07, 6.45) is 4.77. The molecule has 0 fully saturated rings. The maximum absolute atomic E-state index is 11.1. The highest BCUT2D eigenvalue weighted by Crippen LogP contribution is 2.24. The number of nitro benzene ring substituents is 1. The van der Waals surface area contributed by atoms with Crippen molar-refractivity contribution in [1.82, 2.24) is 15.0 Å². The fourth-order valence-electron chi connectivity index (χ4n) is 2.71. The van der Waals surface area contributed by atoms with E-state index in [4.69, 9.17) is 0 Å². The van der Waals surface area contributed by atoms with Crippen molar-refractivity contribution >= 4 is 28.6 Å². The topological polar surface area (TPSA) is 106 Å². The Hall–Kier alpha value is -4.20. The lowest BCUT2D eigenvalue weighted by Gasteiger charge is -2.08. The number of nitrogens with one attached hydrogen (secondary N) is 1. The summed E-state index contributed by atoms with van der Waals surface area (Å²) in [7, 11) is 0. The third kappa shape index (κ3) is 3.51. The van der Waals surface area contributed by atoms with Crippen LogP contribution < -0.4 is 5.43 Å². The van der Waals surface area contributed by atoms with Gasteiger partial charge in [-0.2, -0.15) is 5.10 Å². The molecule has 0 atom stereocenters. The zero-order chi connectivity index (χ0) is 19.3. The van der Waals surface area contributed by atoms with Crippen LogP contribution in [0.5, 0.6) is 0 Å². The third-order valence-electron chi connectivity index (χ3n) is 4.03. The first-order valence-corrected chi connectivity index (χ1v) is 8.42. The van der Waals surface area contributed by atoms with E-state index in [1.165, 1.54) is 12.3 Å². The molecule has 0 aliphatic heterocycles. The molecule has 0 radical (unpaired) electrons. The van der Waals surface area contributed by atoms with Gasteiger partial charge in [0.2, 0.25) is 0 Å². The fraction of sp³-hybridized carbons (Fsp3) is 0. The molecule has 2 heterocycles. The number of benzene rings is 2. The van der Waals surface area contributed by atoms with Crippen LogP contribution in [-0.2, 0) is 0 Å². The lowest BCUT2D eigenvalue weighted by Crippen LogP contribution is -2.00. The van der Waals surface area contributed by atoms with Crippen molar-refractivity contribution in [2.24, 2.45) is 5.10 Å². The van der Waals surface area contributed by atoms with Gasteiger partial charge in [-0.15, -0.1) is 0 Å². The largest absolute Gasteiger partial charge is 0.278 e. The predicted molar refractivity (Wildman–Crippen MR) is 107 cm³/mol. The standard InChI is InChI=1S/C20H14N6O2/c27-26(28)18-10-4-1-6-14(18)13-22-25-20-16-8-2-3-9-17(16)23-19(24-20)15-7-5-11-21-12-15/h1-13H,(H,23,24,25)/b22-13-. The molecule has 2 aromatic carbocycles. The van der Waals surface area contributed by atoms with Gasteiger partial charge in [0.25, 0.3) is 5.69 Å². The van der Waals surface area contributed by atoms with E-state index >= 15 is 0 Å². The first-order chi connectivity index (χ1) is 13.7. The number of rotatable bonds is 5. The van der Waals surface area contributed by atoms with Gasteiger partial charge in [0, 0.05) is 29.4 Å². The van der Waals surface area contributed by atoms with Crippen molar-refractivity contribution in [3.8, 4) is 11.4 Å². The highest BCUT2D eigenvalue weighted by Gasteiger charge is 2.11. The van der Waals surface area contributed by atoms with Crippen molar-refractivity contribution in [3.63, 3.8) is 0 Å². The van der Waals surface area contributed by atoms with Crippen molar-refractivity contribution < 1.29 is 4.92 Å². The molecule has 8 heteroatoms. The number of nitro groups is 1. The Morgan fingerprint density at radius 1 is 1.00 bits per heavy atom. The number of nitrogens with zero attached hydrogens (tertiary/aromatic N) is 5. The van der Waals surface area contributed by atoms with Gasteiger partial charge in [-0.25, -0.2) is 9.97 Å². The minimum absolute atomic E-state index is 0.0170. The van der Waals surface area contributed by atoms with Gasteiger partial charge in [-0.05, 0) is 30.3 Å². The first kappa shape index (κ1) is 17.2. The molecule has 0 saturated heterocycles. The zero-order valence-electron chi connectivity index (χ0n) is 14.6. The molecular weight excluding hydrogens is 356 g/mol. The predicted octanol–water partition coefficient (Wildman–Crippen LogP) is 4.05. The van der Waals surface area contributed by atoms with Gasteiger partial charge in [-0.1, -0.05) is 24.3 Å². The van der Waals surface area contributed by atoms with Crippen LogP contribution in [0.25, 0.3) is 22.3 Å². The summed E-state index contributed by atoms with van der Waals surface area (Å²) in [6.45, 7) is 0. The Morgan fingerprint density at radius 2 is 1.82 bits per heavy atom. The smallest absolute Gasteiger partial charge is 0.264 e. The Labute approximate surface area is 159 Å². The van der Waals surface area contributed by atoms with E-state index in [1.807, 2.05) is 36.4 Å². The molecule has 2 aromatic heterocycles. The number of pyridine rings is 1. The second-order valence-electron chi connectivity index (χ2n) is 5.84. The van der Waals surface area contributed by atoms with E-state index in [1.54, 1.807) is 30.6 Å². The van der Waals surface area contributed by atoms with Crippen molar-refractivity contribution in [2.75, 3.05) is 5.43 Å². The molecule has 0 unspecified atom stereocenters. The van der Waals surface area contributed by atoms with Crippen LogP contribution in [-0.4, -0.2) is 26.1 Å². The summed E-state index contributed by atoms with van der Waals surface area (Å²) in [5, 5.41) is 16.1. The molecule has 0 aliphatic rings. The molecule has 1 N–H and O–H groups in total. The van der Waals surface area contributed by atoms with Gasteiger partial charge in [0.1, 0.15) is 0 Å². The third-order valence-corrected chi connectivity index (χ3v) is 4.03. The number of hydrogen-bond donors (Lipinski definition) is 1. The second kappa shape index (κ2) is 7.58. The van der Waals surface area contributed by atoms with E-state index < -0.39 is 4.92 Å². The van der Waals surface area contributed by atoms with Gasteiger partial charge in [0.05, 0.1) is 22.2 Å². The summed E-state index contributed by atoms with van der Waals surface area (Å²) in [6, 6.07) is 17.6. The van der Waals surface area contributed by atoms with E-state index in [0.29, 0.717) is 17.2 Å². The van der Waals surface area contributed by atoms with Gasteiger partial charge < -0.3 is 0 Å². The molecule has 4 aromatic rings. The van der Waals surface area contributed by atoms with Crippen LogP contribution in [0.1, 0.15) is 5.56 Å². The number of hydrogen-bond acceptors (Lipinski definition) is 7. The van der Waals surface area contributed by atoms with Crippen LogP contribution in [0.4, 0.5) is 11.5 Å². The summed E-state index contributed by atoms with van der Waals surface area (Å²) in [5.74, 6) is 1.01. The second-order valence-corrected chi connectivity index (χ2v) is 5.84. The van der Waals surface area contributed by atoms with Crippen molar-refractivity contribution in [2.45, 2.75) is 0 Å². The summed E-state index contributed by atoms with van der Waals surface area (Å²) in [4.78, 5) is 23.9. The minimum atomic E-state index is -0.443. The van der Waals surface area contributed by atoms with E-state index in [0.717, 1.165) is 16.5 Å². The number of aromatic nitrogens is 3. The highest BCUT2D eigenvalue weighted by atomic mass is 16.6. The lowest BCUT2D eigenvalue weighted by molar-refractivity contribution is -0.385. The Morgan fingerprint density at radius 3 is 2.64 bits per heavy atom. The molecule has 0 bridgehead atoms. The van der Waals surface area contributed by atoms with Crippen LogP contribution in [0, 0.1) is 10.1 Å². The van der Waals surface area contributed by atoms with Crippen LogP contribution >= 0.6 is 0 Å². The number of anilines is 1. The average molecular weight is 370 g/mol. The molecule has 4 rings (SSSR count). The normalized spacial score (nSPS) is 11.0. The van der Waals surface area contributed by atoms with Gasteiger partial charge >= 0.3 is 0 Å². The SMILES string of the molecule is O=[N+]([O-])c1ccccc1/C=N\Nc1nc(-c2cccnc2)nc2ccccc12. The van der Waals surface area contributed by atoms with Gasteiger partial charge in [0.15, 0.2) is 11.6 Å². The summed E-state index contributed by atoms with van der Waals surface area (Å²) >= 11 is 0. The van der Waals surface area contributed by atoms with Gasteiger partial charge in [-0.3, -0.25) is 20.5 Å². The molecule has 0 saturated carbocycles. The van der Waals surface area contributed by atoms with E-state index in [9.17, 15) is 10.1 Å². The van der Waals surface area contributed by atoms with Crippen LogP contribution in [0.2, 0.25) is 0 Å². The Kier molecular flexibility index (Phi) is 4.67. The number of para-hydroxylation sites is 2.